The van der Waals surface area contributed by atoms with Crippen LogP contribution in [0.25, 0.3) is 0 Å². The van der Waals surface area contributed by atoms with Gasteiger partial charge in [0.1, 0.15) is 5.82 Å². The maximum atomic E-state index is 13.2. The van der Waals surface area contributed by atoms with E-state index in [9.17, 15) is 9.50 Å². The molecule has 1 aromatic carbocycles. The molecule has 1 atom stereocenters. The van der Waals surface area contributed by atoms with E-state index < -0.39 is 0 Å². The number of ether oxygens (including phenoxy) is 1. The Morgan fingerprint density at radius 3 is 3.12 bits per heavy atom. The average molecular weight is 226 g/mol. The molecule has 0 radical (unpaired) electrons. The van der Waals surface area contributed by atoms with Crippen LogP contribution in [0, 0.1) is 5.82 Å². The second kappa shape index (κ2) is 4.67. The van der Waals surface area contributed by atoms with Crippen molar-refractivity contribution < 1.29 is 14.2 Å². The first-order valence-corrected chi connectivity index (χ1v) is 5.22. The fourth-order valence-corrected chi connectivity index (χ4v) is 1.89. The third-order valence-electron chi connectivity index (χ3n) is 2.74. The molecular weight excluding hydrogens is 211 g/mol. The molecule has 16 heavy (non-hydrogen) atoms. The predicted octanol–water partition coefficient (Wildman–Crippen LogP) is 0.605. The van der Waals surface area contributed by atoms with Crippen LogP contribution in [-0.2, 0) is 4.74 Å². The van der Waals surface area contributed by atoms with Gasteiger partial charge in [-0.05, 0) is 18.2 Å². The quantitative estimate of drug-likeness (QED) is 0.725. The third kappa shape index (κ3) is 2.10. The van der Waals surface area contributed by atoms with Gasteiger partial charge in [-0.25, -0.2) is 4.39 Å². The van der Waals surface area contributed by atoms with E-state index in [2.05, 4.69) is 0 Å². The van der Waals surface area contributed by atoms with Gasteiger partial charge < -0.3 is 20.5 Å². The summed E-state index contributed by atoms with van der Waals surface area (Å²) in [6.07, 6.45) is 0. The molecule has 1 aliphatic rings. The lowest BCUT2D eigenvalue weighted by atomic mass is 10.1. The molecule has 0 aliphatic carbocycles. The van der Waals surface area contributed by atoms with Crippen LogP contribution < -0.4 is 10.6 Å². The van der Waals surface area contributed by atoms with Crippen molar-refractivity contribution in [2.75, 3.05) is 37.0 Å². The van der Waals surface area contributed by atoms with Gasteiger partial charge in [0, 0.05) is 6.54 Å². The fraction of sp³-hybridized carbons (Fsp3) is 0.455. The lowest BCUT2D eigenvalue weighted by Gasteiger charge is -2.36. The van der Waals surface area contributed by atoms with Crippen molar-refractivity contribution >= 4 is 11.4 Å². The van der Waals surface area contributed by atoms with Gasteiger partial charge in [0.05, 0.1) is 37.2 Å². The molecule has 0 bridgehead atoms. The molecule has 1 aromatic rings. The summed E-state index contributed by atoms with van der Waals surface area (Å²) in [5, 5.41) is 9.23. The summed E-state index contributed by atoms with van der Waals surface area (Å²) in [4.78, 5) is 1.89. The lowest BCUT2D eigenvalue weighted by molar-refractivity contribution is 0.0727. The lowest BCUT2D eigenvalue weighted by Crippen LogP contribution is -2.48. The van der Waals surface area contributed by atoms with Crippen molar-refractivity contribution in [1.29, 1.82) is 0 Å². The van der Waals surface area contributed by atoms with Crippen LogP contribution in [0.5, 0.6) is 0 Å². The Hall–Kier alpha value is -1.33. The van der Waals surface area contributed by atoms with E-state index in [0.29, 0.717) is 31.1 Å². The number of aliphatic hydroxyl groups excluding tert-OH is 1. The van der Waals surface area contributed by atoms with Crippen LogP contribution in [0.2, 0.25) is 0 Å². The zero-order valence-corrected chi connectivity index (χ0v) is 8.90. The Balaban J connectivity index is 2.30. The Morgan fingerprint density at radius 1 is 1.56 bits per heavy atom. The van der Waals surface area contributed by atoms with Crippen LogP contribution in [0.3, 0.4) is 0 Å². The summed E-state index contributed by atoms with van der Waals surface area (Å²) in [6.45, 7) is 1.58. The minimum Gasteiger partial charge on any atom is -0.397 e. The molecule has 0 amide bonds. The SMILES string of the molecule is Nc1ccc(F)cc1N1CCOCC1CO. The summed E-state index contributed by atoms with van der Waals surface area (Å²) in [6, 6.07) is 4.10. The Labute approximate surface area is 93.4 Å². The van der Waals surface area contributed by atoms with Gasteiger partial charge in [-0.2, -0.15) is 0 Å². The number of nitrogens with two attached hydrogens (primary N) is 1. The third-order valence-corrected chi connectivity index (χ3v) is 2.74. The van der Waals surface area contributed by atoms with E-state index in [1.54, 1.807) is 0 Å². The molecule has 1 heterocycles. The summed E-state index contributed by atoms with van der Waals surface area (Å²) in [5.41, 5.74) is 6.95. The number of nitrogens with zero attached hydrogens (tertiary/aromatic N) is 1. The first kappa shape index (κ1) is 11.2. The van der Waals surface area contributed by atoms with E-state index in [1.165, 1.54) is 18.2 Å². The molecule has 1 aliphatic heterocycles. The van der Waals surface area contributed by atoms with E-state index >= 15 is 0 Å². The number of hydrogen-bond acceptors (Lipinski definition) is 4. The number of hydrogen-bond donors (Lipinski definition) is 2. The second-order valence-electron chi connectivity index (χ2n) is 3.81. The molecule has 88 valence electrons. The molecule has 3 N–H and O–H groups in total. The first-order chi connectivity index (χ1) is 7.72. The molecule has 1 fully saturated rings. The maximum Gasteiger partial charge on any atom is 0.125 e. The number of anilines is 2. The van der Waals surface area contributed by atoms with Crippen LogP contribution in [0.15, 0.2) is 18.2 Å². The van der Waals surface area contributed by atoms with E-state index in [1.807, 2.05) is 4.90 Å². The van der Waals surface area contributed by atoms with Crippen molar-refractivity contribution in [3.05, 3.63) is 24.0 Å². The molecule has 0 spiro atoms. The summed E-state index contributed by atoms with van der Waals surface area (Å²) < 4.78 is 18.4. The number of nitrogen functional groups attached to an aromatic ring is 1. The summed E-state index contributed by atoms with van der Waals surface area (Å²) in [5.74, 6) is -0.326. The minimum absolute atomic E-state index is 0.0318. The highest BCUT2D eigenvalue weighted by Gasteiger charge is 2.24. The van der Waals surface area contributed by atoms with Crippen LogP contribution in [-0.4, -0.2) is 37.5 Å². The molecule has 4 nitrogen and oxygen atoms in total. The van der Waals surface area contributed by atoms with Crippen molar-refractivity contribution in [3.8, 4) is 0 Å². The van der Waals surface area contributed by atoms with Gasteiger partial charge in [0.15, 0.2) is 0 Å². The number of morpholine rings is 1. The number of rotatable bonds is 2. The minimum atomic E-state index is -0.326. The summed E-state index contributed by atoms with van der Waals surface area (Å²) in [7, 11) is 0. The topological polar surface area (TPSA) is 58.7 Å². The molecule has 1 unspecified atom stereocenters. The summed E-state index contributed by atoms with van der Waals surface area (Å²) >= 11 is 0. The van der Waals surface area contributed by atoms with Crippen molar-refractivity contribution in [2.45, 2.75) is 6.04 Å². The molecule has 0 aromatic heterocycles. The van der Waals surface area contributed by atoms with E-state index in [4.69, 9.17) is 10.5 Å². The van der Waals surface area contributed by atoms with Gasteiger partial charge in [0.2, 0.25) is 0 Å². The first-order valence-electron chi connectivity index (χ1n) is 5.22. The normalized spacial score (nSPS) is 21.1. The van der Waals surface area contributed by atoms with Crippen LogP contribution >= 0.6 is 0 Å². The van der Waals surface area contributed by atoms with Crippen LogP contribution in [0.4, 0.5) is 15.8 Å². The van der Waals surface area contributed by atoms with Gasteiger partial charge in [0.25, 0.3) is 0 Å². The molecule has 0 saturated carbocycles. The Kier molecular flexibility index (Phi) is 3.26. The predicted molar refractivity (Wildman–Crippen MR) is 59.9 cm³/mol. The highest BCUT2D eigenvalue weighted by molar-refractivity contribution is 5.68. The maximum absolute atomic E-state index is 13.2. The fourth-order valence-electron chi connectivity index (χ4n) is 1.89. The monoisotopic (exact) mass is 226 g/mol. The van der Waals surface area contributed by atoms with Crippen molar-refractivity contribution in [3.63, 3.8) is 0 Å². The van der Waals surface area contributed by atoms with Crippen molar-refractivity contribution in [1.82, 2.24) is 0 Å². The van der Waals surface area contributed by atoms with Gasteiger partial charge in [-0.3, -0.25) is 0 Å². The highest BCUT2D eigenvalue weighted by atomic mass is 19.1. The number of benzene rings is 1. The Bertz CT molecular complexity index is 373. The highest BCUT2D eigenvalue weighted by Crippen LogP contribution is 2.27. The largest absolute Gasteiger partial charge is 0.397 e. The molecule has 1 saturated heterocycles. The van der Waals surface area contributed by atoms with Gasteiger partial charge >= 0.3 is 0 Å². The smallest absolute Gasteiger partial charge is 0.125 e. The van der Waals surface area contributed by atoms with Crippen molar-refractivity contribution in [2.24, 2.45) is 0 Å². The zero-order chi connectivity index (χ0) is 11.5. The van der Waals surface area contributed by atoms with E-state index in [-0.39, 0.29) is 18.5 Å². The van der Waals surface area contributed by atoms with E-state index in [0.717, 1.165) is 0 Å². The van der Waals surface area contributed by atoms with Crippen LogP contribution in [0.1, 0.15) is 0 Å². The zero-order valence-electron chi connectivity index (χ0n) is 8.90. The molecular formula is C11H15FN2O2. The van der Waals surface area contributed by atoms with Gasteiger partial charge in [-0.15, -0.1) is 0 Å². The number of halogens is 1. The second-order valence-corrected chi connectivity index (χ2v) is 3.81. The Morgan fingerprint density at radius 2 is 2.38 bits per heavy atom. The molecule has 5 heteroatoms. The number of aliphatic hydroxyl groups is 1. The average Bonchev–Trinajstić information content (AvgIpc) is 2.32. The standard InChI is InChI=1S/C11H15FN2O2/c12-8-1-2-10(13)11(5-8)14-3-4-16-7-9(14)6-15/h1-2,5,9,15H,3-4,6-7,13H2. The van der Waals surface area contributed by atoms with Gasteiger partial charge in [-0.1, -0.05) is 0 Å². The molecule has 2 rings (SSSR count).